The van der Waals surface area contributed by atoms with E-state index in [0.29, 0.717) is 5.30 Å². The Hall–Kier alpha value is -4.78. The minimum absolute atomic E-state index is 0.326. The molecule has 0 aliphatic rings. The molecule has 0 aromatic heterocycles. The van der Waals surface area contributed by atoms with Crippen molar-refractivity contribution in [1.82, 2.24) is 0 Å². The molecule has 198 valence electrons. The molecule has 0 fully saturated rings. The van der Waals surface area contributed by atoms with Gasteiger partial charge in [0.2, 0.25) is 0 Å². The van der Waals surface area contributed by atoms with Crippen molar-refractivity contribution in [3.05, 3.63) is 139 Å². The van der Waals surface area contributed by atoms with Crippen molar-refractivity contribution in [3.63, 3.8) is 0 Å². The molecule has 0 aliphatic carbocycles. The lowest BCUT2D eigenvalue weighted by molar-refractivity contribution is 0.607. The summed E-state index contributed by atoms with van der Waals surface area (Å²) in [6.45, 7) is -2.97. The number of hydrogen-bond acceptors (Lipinski definition) is 0. The third-order valence-corrected chi connectivity index (χ3v) is 12.7. The molecule has 0 heterocycles. The van der Waals surface area contributed by atoms with E-state index in [2.05, 4.69) is 109 Å². The van der Waals surface area contributed by atoms with Crippen LogP contribution in [-0.2, 0) is 0 Å². The summed E-state index contributed by atoms with van der Waals surface area (Å²) in [6, 6.07) is 42.1. The van der Waals surface area contributed by atoms with E-state index < -0.39 is 18.5 Å². The normalized spacial score (nSPS) is 12.6. The van der Waals surface area contributed by atoms with Gasteiger partial charge in [0.15, 0.2) is 0 Å². The molecular weight excluding hydrogens is 537 g/mol. The SMILES string of the molecule is C=P(c1cc(F)ccc1F)(c1ccc2ccc3cccc4ccc1c2c34)c1ccc2ccc3cccc4ccc1c2c34. The van der Waals surface area contributed by atoms with Gasteiger partial charge >= 0.3 is 0 Å². The van der Waals surface area contributed by atoms with Crippen molar-refractivity contribution in [1.29, 1.82) is 0 Å². The Morgan fingerprint density at radius 2 is 0.810 bits per heavy atom. The maximum absolute atomic E-state index is 16.1. The molecule has 0 atom stereocenters. The van der Waals surface area contributed by atoms with Gasteiger partial charge in [0.05, 0.1) is 0 Å². The quantitative estimate of drug-likeness (QED) is 0.149. The Bertz CT molecular complexity index is 2390. The fourth-order valence-electron chi connectivity index (χ4n) is 7.27. The van der Waals surface area contributed by atoms with Gasteiger partial charge < -0.3 is 0 Å². The summed E-state index contributed by atoms with van der Waals surface area (Å²) < 4.78 is 31.1. The molecule has 0 aliphatic heterocycles. The highest BCUT2D eigenvalue weighted by Crippen LogP contribution is 2.49. The molecule has 0 spiro atoms. The summed E-state index contributed by atoms with van der Waals surface area (Å²) in [4.78, 5) is 0. The maximum Gasteiger partial charge on any atom is 0.131 e. The highest BCUT2D eigenvalue weighted by molar-refractivity contribution is 7.94. The first-order chi connectivity index (χ1) is 20.5. The van der Waals surface area contributed by atoms with Crippen LogP contribution in [0.1, 0.15) is 0 Å². The van der Waals surface area contributed by atoms with Gasteiger partial charge in [-0.3, -0.25) is 0 Å². The zero-order valence-electron chi connectivity index (χ0n) is 22.5. The Morgan fingerprint density at radius 3 is 1.29 bits per heavy atom. The van der Waals surface area contributed by atoms with Crippen LogP contribution < -0.4 is 15.9 Å². The van der Waals surface area contributed by atoms with Crippen LogP contribution in [-0.4, -0.2) is 6.30 Å². The van der Waals surface area contributed by atoms with E-state index in [1.165, 1.54) is 29.0 Å². The molecule has 0 amide bonds. The first-order valence-electron chi connectivity index (χ1n) is 14.1. The second kappa shape index (κ2) is 8.38. The van der Waals surface area contributed by atoms with Crippen molar-refractivity contribution in [3.8, 4) is 0 Å². The summed E-state index contributed by atoms with van der Waals surface area (Å²) >= 11 is 0. The van der Waals surface area contributed by atoms with Crippen LogP contribution in [0.3, 0.4) is 0 Å². The molecule has 0 radical (unpaired) electrons. The highest BCUT2D eigenvalue weighted by Gasteiger charge is 2.30. The van der Waals surface area contributed by atoms with Crippen molar-refractivity contribution in [2.45, 2.75) is 0 Å². The van der Waals surface area contributed by atoms with Crippen LogP contribution >= 0.6 is 6.89 Å². The van der Waals surface area contributed by atoms with Crippen LogP contribution in [0.15, 0.2) is 127 Å². The van der Waals surface area contributed by atoms with Crippen LogP contribution in [0.5, 0.6) is 0 Å². The highest BCUT2D eigenvalue weighted by atomic mass is 31.2. The van der Waals surface area contributed by atoms with Crippen LogP contribution in [0.4, 0.5) is 8.78 Å². The van der Waals surface area contributed by atoms with Crippen molar-refractivity contribution >= 4 is 93.7 Å². The van der Waals surface area contributed by atoms with E-state index in [-0.39, 0.29) is 0 Å². The summed E-state index contributed by atoms with van der Waals surface area (Å²) in [6.07, 6.45) is 4.95. The lowest BCUT2D eigenvalue weighted by Gasteiger charge is -2.30. The maximum atomic E-state index is 16.1. The summed E-state index contributed by atoms with van der Waals surface area (Å²) in [5, 5.41) is 15.9. The third-order valence-electron chi connectivity index (χ3n) is 9.15. The Labute approximate surface area is 241 Å². The van der Waals surface area contributed by atoms with Gasteiger partial charge in [-0.25, -0.2) is 8.78 Å². The number of hydrogen-bond donors (Lipinski definition) is 0. The molecule has 9 aromatic rings. The summed E-state index contributed by atoms with van der Waals surface area (Å²) in [5.74, 6) is -0.897. The van der Waals surface area contributed by atoms with Crippen molar-refractivity contribution < 1.29 is 8.78 Å². The fraction of sp³-hybridized carbons (Fsp3) is 0. The first-order valence-corrected chi connectivity index (χ1v) is 16.0. The van der Waals surface area contributed by atoms with Crippen LogP contribution in [0, 0.1) is 11.6 Å². The Kier molecular flexibility index (Phi) is 4.76. The standard InChI is InChI=1S/C39H23F2P/c1-42(35-22-29(40)16-19-32(35)41,33-20-14-27-10-8-23-4-2-6-25-12-17-30(33)38(27)36(23)25)34-21-15-28-11-9-24-5-3-7-26-13-18-31(34)39(28)37(24)26/h2-22H,1H2. The number of benzene rings is 9. The van der Waals surface area contributed by atoms with Crippen molar-refractivity contribution in [2.75, 3.05) is 0 Å². The van der Waals surface area contributed by atoms with Crippen LogP contribution in [0.2, 0.25) is 0 Å². The molecule has 0 saturated heterocycles. The van der Waals surface area contributed by atoms with Gasteiger partial charge in [0.25, 0.3) is 0 Å². The van der Waals surface area contributed by atoms with E-state index in [9.17, 15) is 0 Å². The second-order valence-electron chi connectivity index (χ2n) is 11.3. The summed E-state index contributed by atoms with van der Waals surface area (Å²) in [7, 11) is 0. The Morgan fingerprint density at radius 1 is 0.405 bits per heavy atom. The van der Waals surface area contributed by atoms with Gasteiger partial charge in [0, 0.05) is 5.30 Å². The van der Waals surface area contributed by atoms with Gasteiger partial charge in [-0.2, -0.15) is 0 Å². The zero-order chi connectivity index (χ0) is 28.2. The molecule has 3 heteroatoms. The van der Waals surface area contributed by atoms with Crippen molar-refractivity contribution in [2.24, 2.45) is 0 Å². The minimum atomic E-state index is -2.97. The molecule has 9 aromatic carbocycles. The molecule has 9 rings (SSSR count). The Balaban J connectivity index is 1.49. The molecule has 0 unspecified atom stereocenters. The molecule has 0 bridgehead atoms. The van der Waals surface area contributed by atoms with Crippen LogP contribution in [0.25, 0.3) is 64.6 Å². The van der Waals surface area contributed by atoms with E-state index in [1.807, 2.05) is 0 Å². The van der Waals surface area contributed by atoms with E-state index >= 15 is 8.78 Å². The minimum Gasteiger partial charge on any atom is -0.207 e. The van der Waals surface area contributed by atoms with E-state index in [4.69, 9.17) is 6.30 Å². The third kappa shape index (κ3) is 3.05. The molecule has 42 heavy (non-hydrogen) atoms. The smallest absolute Gasteiger partial charge is 0.131 e. The van der Waals surface area contributed by atoms with Gasteiger partial charge in [0.1, 0.15) is 11.6 Å². The zero-order valence-corrected chi connectivity index (χ0v) is 23.4. The number of halogens is 2. The van der Waals surface area contributed by atoms with Gasteiger partial charge in [-0.05, 0) is 100 Å². The average Bonchev–Trinajstić information content (AvgIpc) is 3.03. The average molecular weight is 561 g/mol. The molecule has 0 saturated carbocycles. The lowest BCUT2D eigenvalue weighted by atomic mass is 9.94. The molecule has 0 N–H and O–H groups in total. The van der Waals surface area contributed by atoms with E-state index in [0.717, 1.165) is 64.5 Å². The summed E-state index contributed by atoms with van der Waals surface area (Å²) in [5.41, 5.74) is 0. The largest absolute Gasteiger partial charge is 0.207 e. The van der Waals surface area contributed by atoms with E-state index in [1.54, 1.807) is 0 Å². The molecular formula is C39H23F2P. The molecule has 0 nitrogen and oxygen atoms in total. The lowest BCUT2D eigenvalue weighted by Crippen LogP contribution is -2.29. The van der Waals surface area contributed by atoms with Gasteiger partial charge in [-0.1, -0.05) is 115 Å². The number of rotatable bonds is 3. The topological polar surface area (TPSA) is 0 Å². The first kappa shape index (κ1) is 23.9. The predicted molar refractivity (Wildman–Crippen MR) is 180 cm³/mol. The second-order valence-corrected chi connectivity index (χ2v) is 14.4. The predicted octanol–water partition coefficient (Wildman–Crippen LogP) is 9.49. The monoisotopic (exact) mass is 560 g/mol. The van der Waals surface area contributed by atoms with Gasteiger partial charge in [-0.15, -0.1) is 0 Å². The fourth-order valence-corrected chi connectivity index (χ4v) is 10.7.